The summed E-state index contributed by atoms with van der Waals surface area (Å²) in [6, 6.07) is 1.67. The molecular weight excluding hydrogens is 198 g/mol. The molecule has 0 aliphatic heterocycles. The molecule has 1 rings (SSSR count). The summed E-state index contributed by atoms with van der Waals surface area (Å²) in [6.45, 7) is 0. The fraction of sp³-hybridized carbons (Fsp3) is 0.400. The highest BCUT2D eigenvalue weighted by Crippen LogP contribution is 2.26. The monoisotopic (exact) mass is 211 g/mol. The number of methoxy groups -OCH3 is 3. The molecule has 0 bridgehead atoms. The predicted octanol–water partition coefficient (Wildman–Crippen LogP) is 0.814. The second-order valence-corrected chi connectivity index (χ2v) is 2.75. The minimum Gasteiger partial charge on any atom is -0.496 e. The smallest absolute Gasteiger partial charge is 0.310 e. The second kappa shape index (κ2) is 5.19. The van der Waals surface area contributed by atoms with Crippen molar-refractivity contribution in [2.24, 2.45) is 0 Å². The van der Waals surface area contributed by atoms with Gasteiger partial charge < -0.3 is 14.2 Å². The lowest BCUT2D eigenvalue weighted by Crippen LogP contribution is -2.08. The minimum atomic E-state index is -0.361. The van der Waals surface area contributed by atoms with Gasteiger partial charge in [-0.25, -0.2) is 4.98 Å². The highest BCUT2D eigenvalue weighted by Gasteiger charge is 2.15. The maximum Gasteiger partial charge on any atom is 0.310 e. The van der Waals surface area contributed by atoms with Gasteiger partial charge in [0.05, 0.1) is 33.3 Å². The van der Waals surface area contributed by atoms with E-state index in [0.29, 0.717) is 17.2 Å². The number of rotatable bonds is 4. The Morgan fingerprint density at radius 1 is 1.33 bits per heavy atom. The van der Waals surface area contributed by atoms with Crippen LogP contribution in [0.2, 0.25) is 0 Å². The molecule has 0 saturated heterocycles. The van der Waals surface area contributed by atoms with E-state index in [1.807, 2.05) is 0 Å². The molecule has 0 unspecified atom stereocenters. The second-order valence-electron chi connectivity index (χ2n) is 2.75. The van der Waals surface area contributed by atoms with E-state index in [-0.39, 0.29) is 12.4 Å². The minimum absolute atomic E-state index is 0.0800. The van der Waals surface area contributed by atoms with Gasteiger partial charge in [-0.1, -0.05) is 0 Å². The van der Waals surface area contributed by atoms with Gasteiger partial charge in [0.2, 0.25) is 5.88 Å². The molecule has 1 aromatic heterocycles. The lowest BCUT2D eigenvalue weighted by molar-refractivity contribution is -0.139. The van der Waals surface area contributed by atoms with Crippen molar-refractivity contribution < 1.29 is 19.0 Å². The summed E-state index contributed by atoms with van der Waals surface area (Å²) in [7, 11) is 4.34. The van der Waals surface area contributed by atoms with E-state index < -0.39 is 0 Å². The van der Waals surface area contributed by atoms with Crippen molar-refractivity contribution in [1.29, 1.82) is 0 Å². The average Bonchev–Trinajstić information content (AvgIpc) is 2.29. The summed E-state index contributed by atoms with van der Waals surface area (Å²) in [4.78, 5) is 15.1. The molecule has 0 aliphatic rings. The van der Waals surface area contributed by atoms with Gasteiger partial charge in [0.25, 0.3) is 0 Å². The fourth-order valence-corrected chi connectivity index (χ4v) is 1.20. The van der Waals surface area contributed by atoms with Crippen LogP contribution in [-0.2, 0) is 16.0 Å². The molecule has 0 N–H and O–H groups in total. The summed E-state index contributed by atoms with van der Waals surface area (Å²) in [5.41, 5.74) is 0.592. The number of hydrogen-bond acceptors (Lipinski definition) is 5. The van der Waals surface area contributed by atoms with Crippen molar-refractivity contribution in [3.63, 3.8) is 0 Å². The van der Waals surface area contributed by atoms with Crippen LogP contribution in [0.15, 0.2) is 12.3 Å². The number of aromatic nitrogens is 1. The van der Waals surface area contributed by atoms with Gasteiger partial charge >= 0.3 is 5.97 Å². The first kappa shape index (κ1) is 11.3. The Bertz CT molecular complexity index is 329. The van der Waals surface area contributed by atoms with Crippen molar-refractivity contribution in [2.75, 3.05) is 21.3 Å². The van der Waals surface area contributed by atoms with Crippen LogP contribution in [0.5, 0.6) is 11.6 Å². The summed E-state index contributed by atoms with van der Waals surface area (Å²) in [6.07, 6.45) is 1.63. The van der Waals surface area contributed by atoms with Gasteiger partial charge in [0.15, 0.2) is 0 Å². The highest BCUT2D eigenvalue weighted by molar-refractivity contribution is 5.74. The molecule has 0 saturated carbocycles. The molecule has 0 amide bonds. The van der Waals surface area contributed by atoms with Crippen LogP contribution >= 0.6 is 0 Å². The zero-order valence-electron chi connectivity index (χ0n) is 8.94. The summed E-state index contributed by atoms with van der Waals surface area (Å²) in [5.74, 6) is 0.576. The lowest BCUT2D eigenvalue weighted by atomic mass is 10.2. The van der Waals surface area contributed by atoms with E-state index in [1.54, 1.807) is 12.3 Å². The Morgan fingerprint density at radius 2 is 2.07 bits per heavy atom. The topological polar surface area (TPSA) is 57.7 Å². The number of carbonyl (C=O) groups excluding carboxylic acids is 1. The van der Waals surface area contributed by atoms with E-state index in [0.717, 1.165) is 0 Å². The first-order chi connectivity index (χ1) is 7.22. The van der Waals surface area contributed by atoms with Crippen LogP contribution in [0.4, 0.5) is 0 Å². The van der Waals surface area contributed by atoms with Gasteiger partial charge in [-0.15, -0.1) is 0 Å². The van der Waals surface area contributed by atoms with Crippen molar-refractivity contribution in [3.05, 3.63) is 17.8 Å². The summed E-state index contributed by atoms with van der Waals surface area (Å²) in [5, 5.41) is 0. The standard InChI is InChI=1S/C10H13NO4/c1-13-8-4-5-11-10(15-3)7(8)6-9(12)14-2/h4-5H,6H2,1-3H3. The molecule has 0 aliphatic carbocycles. The fourth-order valence-electron chi connectivity index (χ4n) is 1.20. The van der Waals surface area contributed by atoms with Crippen molar-refractivity contribution in [1.82, 2.24) is 4.98 Å². The van der Waals surface area contributed by atoms with Gasteiger partial charge in [0.1, 0.15) is 5.75 Å². The highest BCUT2D eigenvalue weighted by atomic mass is 16.5. The zero-order chi connectivity index (χ0) is 11.3. The molecular formula is C10H13NO4. The molecule has 0 spiro atoms. The molecule has 15 heavy (non-hydrogen) atoms. The number of ether oxygens (including phenoxy) is 3. The van der Waals surface area contributed by atoms with Crippen LogP contribution < -0.4 is 9.47 Å². The van der Waals surface area contributed by atoms with E-state index in [9.17, 15) is 4.79 Å². The van der Waals surface area contributed by atoms with E-state index in [4.69, 9.17) is 9.47 Å². The van der Waals surface area contributed by atoms with E-state index in [1.165, 1.54) is 21.3 Å². The number of carbonyl (C=O) groups is 1. The van der Waals surface area contributed by atoms with Gasteiger partial charge in [0, 0.05) is 6.20 Å². The van der Waals surface area contributed by atoms with Crippen LogP contribution in [0.3, 0.4) is 0 Å². The molecule has 82 valence electrons. The van der Waals surface area contributed by atoms with Gasteiger partial charge in [-0.2, -0.15) is 0 Å². The number of nitrogens with zero attached hydrogens (tertiary/aromatic N) is 1. The normalized spacial score (nSPS) is 9.53. The number of hydrogen-bond donors (Lipinski definition) is 0. The molecule has 1 aromatic rings. The molecule has 0 fully saturated rings. The quantitative estimate of drug-likeness (QED) is 0.690. The average molecular weight is 211 g/mol. The predicted molar refractivity (Wildman–Crippen MR) is 53.1 cm³/mol. The Labute approximate surface area is 88.0 Å². The Hall–Kier alpha value is -1.78. The van der Waals surface area contributed by atoms with Crippen molar-refractivity contribution in [2.45, 2.75) is 6.42 Å². The Morgan fingerprint density at radius 3 is 2.60 bits per heavy atom. The largest absolute Gasteiger partial charge is 0.496 e. The maximum atomic E-state index is 11.2. The van der Waals surface area contributed by atoms with Gasteiger partial charge in [-0.3, -0.25) is 4.79 Å². The molecule has 5 heteroatoms. The Kier molecular flexibility index (Phi) is 3.91. The van der Waals surface area contributed by atoms with Crippen LogP contribution in [0.25, 0.3) is 0 Å². The molecule has 0 aromatic carbocycles. The van der Waals surface area contributed by atoms with Crippen molar-refractivity contribution >= 4 is 5.97 Å². The molecule has 0 atom stereocenters. The van der Waals surface area contributed by atoms with Crippen LogP contribution in [0, 0.1) is 0 Å². The van der Waals surface area contributed by atoms with E-state index >= 15 is 0 Å². The van der Waals surface area contributed by atoms with Crippen LogP contribution in [-0.4, -0.2) is 32.3 Å². The summed E-state index contributed by atoms with van der Waals surface area (Å²) < 4.78 is 14.7. The first-order valence-electron chi connectivity index (χ1n) is 4.35. The third kappa shape index (κ3) is 2.59. The maximum absolute atomic E-state index is 11.2. The van der Waals surface area contributed by atoms with E-state index in [2.05, 4.69) is 9.72 Å². The zero-order valence-corrected chi connectivity index (χ0v) is 8.94. The third-order valence-corrected chi connectivity index (χ3v) is 1.94. The molecule has 5 nitrogen and oxygen atoms in total. The lowest BCUT2D eigenvalue weighted by Gasteiger charge is -2.10. The first-order valence-corrected chi connectivity index (χ1v) is 4.35. The summed E-state index contributed by atoms with van der Waals surface area (Å²) >= 11 is 0. The Balaban J connectivity index is 3.05. The van der Waals surface area contributed by atoms with Crippen LogP contribution in [0.1, 0.15) is 5.56 Å². The SMILES string of the molecule is COC(=O)Cc1c(OC)ccnc1OC. The number of esters is 1. The third-order valence-electron chi connectivity index (χ3n) is 1.94. The van der Waals surface area contributed by atoms with Crippen molar-refractivity contribution in [3.8, 4) is 11.6 Å². The number of pyridine rings is 1. The van der Waals surface area contributed by atoms with Gasteiger partial charge in [-0.05, 0) is 6.07 Å². The molecule has 1 heterocycles. The molecule has 0 radical (unpaired) electrons.